The van der Waals surface area contributed by atoms with Crippen LogP contribution < -0.4 is 4.18 Å². The highest BCUT2D eigenvalue weighted by molar-refractivity contribution is 7.87. The van der Waals surface area contributed by atoms with E-state index < -0.39 is 32.7 Å². The third-order valence-corrected chi connectivity index (χ3v) is 7.61. The maximum absolute atomic E-state index is 14.0. The van der Waals surface area contributed by atoms with Gasteiger partial charge in [0.15, 0.2) is 0 Å². The van der Waals surface area contributed by atoms with Gasteiger partial charge in [0, 0.05) is 13.1 Å². The van der Waals surface area contributed by atoms with Crippen molar-refractivity contribution in [3.05, 3.63) is 131 Å². The molecule has 0 fully saturated rings. The molecule has 4 rings (SSSR count). The zero-order chi connectivity index (χ0) is 29.6. The van der Waals surface area contributed by atoms with E-state index in [1.165, 1.54) is 12.1 Å². The van der Waals surface area contributed by atoms with Gasteiger partial charge in [0.2, 0.25) is 5.91 Å². The molecule has 0 N–H and O–H groups in total. The molecule has 0 aromatic heterocycles. The third-order valence-electron chi connectivity index (χ3n) is 6.36. The number of carbonyl (C=O) groups excluding carboxylic acids is 1. The summed E-state index contributed by atoms with van der Waals surface area (Å²) in [4.78, 5) is 15.2. The molecule has 0 spiro atoms. The molecule has 4 aromatic carbocycles. The van der Waals surface area contributed by atoms with Crippen molar-refractivity contribution >= 4 is 16.0 Å². The molecular formula is C32H30F3NO4S. The number of hydrogen-bond donors (Lipinski definition) is 0. The number of hydrogen-bond acceptors (Lipinski definition) is 4. The molecule has 0 radical (unpaired) electrons. The van der Waals surface area contributed by atoms with Crippen LogP contribution in [0.4, 0.5) is 13.2 Å². The van der Waals surface area contributed by atoms with Crippen LogP contribution in [0.1, 0.15) is 42.0 Å². The summed E-state index contributed by atoms with van der Waals surface area (Å²) in [5.41, 5.74) is 1.40. The average molecular weight is 582 g/mol. The van der Waals surface area contributed by atoms with Crippen molar-refractivity contribution in [2.75, 3.05) is 6.54 Å². The van der Waals surface area contributed by atoms with Gasteiger partial charge in [-0.1, -0.05) is 92.7 Å². The summed E-state index contributed by atoms with van der Waals surface area (Å²) in [7, 11) is -4.50. The number of benzene rings is 4. The molecule has 0 aliphatic carbocycles. The number of halogens is 3. The number of rotatable bonds is 10. The van der Waals surface area contributed by atoms with E-state index in [4.69, 9.17) is 4.18 Å². The predicted molar refractivity (Wildman–Crippen MR) is 151 cm³/mol. The van der Waals surface area contributed by atoms with Crippen LogP contribution in [0.15, 0.2) is 114 Å². The van der Waals surface area contributed by atoms with Gasteiger partial charge >= 0.3 is 16.3 Å². The molecule has 0 aliphatic rings. The van der Waals surface area contributed by atoms with Crippen LogP contribution >= 0.6 is 0 Å². The Labute approximate surface area is 238 Å². The molecule has 9 heteroatoms. The monoisotopic (exact) mass is 581 g/mol. The van der Waals surface area contributed by atoms with Gasteiger partial charge in [-0.15, -0.1) is 0 Å². The van der Waals surface area contributed by atoms with Crippen molar-refractivity contribution in [2.24, 2.45) is 5.92 Å². The average Bonchev–Trinajstić information content (AvgIpc) is 2.94. The lowest BCUT2D eigenvalue weighted by molar-refractivity contribution is -0.137. The molecule has 0 saturated heterocycles. The van der Waals surface area contributed by atoms with E-state index in [2.05, 4.69) is 0 Å². The van der Waals surface area contributed by atoms with Crippen LogP contribution in [0.5, 0.6) is 5.75 Å². The van der Waals surface area contributed by atoms with Crippen molar-refractivity contribution in [1.29, 1.82) is 0 Å². The number of amides is 1. The number of nitrogens with zero attached hydrogens (tertiary/aromatic N) is 1. The second-order valence-electron chi connectivity index (χ2n) is 10.1. The molecule has 1 amide bonds. The molecule has 0 unspecified atom stereocenters. The highest BCUT2D eigenvalue weighted by Crippen LogP contribution is 2.32. The fraction of sp³-hybridized carbons (Fsp3) is 0.219. The fourth-order valence-electron chi connectivity index (χ4n) is 4.50. The van der Waals surface area contributed by atoms with Gasteiger partial charge in [-0.05, 0) is 52.9 Å². The fourth-order valence-corrected chi connectivity index (χ4v) is 5.48. The smallest absolute Gasteiger partial charge is 0.379 e. The Hall–Kier alpha value is -4.11. The second-order valence-corrected chi connectivity index (χ2v) is 11.6. The number of carbonyl (C=O) groups is 1. The Morgan fingerprint density at radius 3 is 1.88 bits per heavy atom. The Kier molecular flexibility index (Phi) is 9.18. The topological polar surface area (TPSA) is 63.7 Å². The van der Waals surface area contributed by atoms with E-state index in [1.807, 2.05) is 74.5 Å². The minimum atomic E-state index is -4.69. The van der Waals surface area contributed by atoms with Crippen molar-refractivity contribution in [3.63, 3.8) is 0 Å². The Balaban J connectivity index is 1.55. The lowest BCUT2D eigenvalue weighted by atomic mass is 9.89. The predicted octanol–water partition coefficient (Wildman–Crippen LogP) is 7.29. The van der Waals surface area contributed by atoms with Gasteiger partial charge in [0.25, 0.3) is 0 Å². The first kappa shape index (κ1) is 29.9. The van der Waals surface area contributed by atoms with Crippen LogP contribution in [-0.2, 0) is 27.6 Å². The Morgan fingerprint density at radius 1 is 0.805 bits per heavy atom. The number of alkyl halides is 3. The Morgan fingerprint density at radius 2 is 1.37 bits per heavy atom. The first-order valence-electron chi connectivity index (χ1n) is 13.0. The summed E-state index contributed by atoms with van der Waals surface area (Å²) in [6.07, 6.45) is -4.69. The third kappa shape index (κ3) is 7.76. The van der Waals surface area contributed by atoms with Crippen LogP contribution in [-0.4, -0.2) is 25.8 Å². The summed E-state index contributed by atoms with van der Waals surface area (Å²) >= 11 is 0. The van der Waals surface area contributed by atoms with E-state index in [0.717, 1.165) is 34.9 Å². The molecule has 0 saturated carbocycles. The maximum Gasteiger partial charge on any atom is 0.416 e. The van der Waals surface area contributed by atoms with Gasteiger partial charge in [0.05, 0.1) is 11.5 Å². The summed E-state index contributed by atoms with van der Waals surface area (Å²) in [6, 6.07) is 28.6. The van der Waals surface area contributed by atoms with Crippen LogP contribution in [0.3, 0.4) is 0 Å². The van der Waals surface area contributed by atoms with Crippen molar-refractivity contribution in [3.8, 4) is 5.75 Å². The molecule has 214 valence electrons. The molecule has 0 heterocycles. The van der Waals surface area contributed by atoms with E-state index in [1.54, 1.807) is 17.0 Å². The van der Waals surface area contributed by atoms with Gasteiger partial charge in [-0.3, -0.25) is 4.79 Å². The zero-order valence-corrected chi connectivity index (χ0v) is 23.4. The summed E-state index contributed by atoms with van der Waals surface area (Å²) < 4.78 is 69.6. The van der Waals surface area contributed by atoms with Crippen LogP contribution in [0, 0.1) is 5.92 Å². The summed E-state index contributed by atoms with van der Waals surface area (Å²) in [6.45, 7) is 4.82. The molecule has 0 atom stereocenters. The van der Waals surface area contributed by atoms with E-state index >= 15 is 0 Å². The van der Waals surface area contributed by atoms with Crippen molar-refractivity contribution in [1.82, 2.24) is 4.90 Å². The Bertz CT molecular complexity index is 1520. The normalized spacial score (nSPS) is 12.0. The first-order valence-corrected chi connectivity index (χ1v) is 14.4. The molecule has 41 heavy (non-hydrogen) atoms. The first-order chi connectivity index (χ1) is 19.4. The van der Waals surface area contributed by atoms with Gasteiger partial charge < -0.3 is 9.08 Å². The van der Waals surface area contributed by atoms with E-state index in [0.29, 0.717) is 12.6 Å². The quantitative estimate of drug-likeness (QED) is 0.185. The van der Waals surface area contributed by atoms with Crippen LogP contribution in [0.2, 0.25) is 0 Å². The highest BCUT2D eigenvalue weighted by Gasteiger charge is 2.32. The van der Waals surface area contributed by atoms with Crippen LogP contribution in [0.25, 0.3) is 0 Å². The molecular weight excluding hydrogens is 551 g/mol. The SMILES string of the molecule is CC(C)CN(Cc1ccc(OS(=O)(=O)c2cccc(C(F)(F)F)c2)cc1)C(=O)C(c1ccccc1)c1ccccc1. The lowest BCUT2D eigenvalue weighted by Crippen LogP contribution is -2.37. The van der Waals surface area contributed by atoms with Gasteiger partial charge in [-0.2, -0.15) is 21.6 Å². The molecule has 5 nitrogen and oxygen atoms in total. The second kappa shape index (κ2) is 12.6. The largest absolute Gasteiger partial charge is 0.416 e. The zero-order valence-electron chi connectivity index (χ0n) is 22.6. The summed E-state index contributed by atoms with van der Waals surface area (Å²) in [5, 5.41) is 0. The lowest BCUT2D eigenvalue weighted by Gasteiger charge is -2.29. The van der Waals surface area contributed by atoms with Crippen molar-refractivity contribution in [2.45, 2.75) is 37.4 Å². The van der Waals surface area contributed by atoms with Gasteiger partial charge in [0.1, 0.15) is 10.6 Å². The minimum absolute atomic E-state index is 0.0562. The van der Waals surface area contributed by atoms with E-state index in [-0.39, 0.29) is 24.1 Å². The molecule has 0 bridgehead atoms. The molecule has 0 aliphatic heterocycles. The molecule has 4 aromatic rings. The van der Waals surface area contributed by atoms with Crippen molar-refractivity contribution < 1.29 is 30.6 Å². The van der Waals surface area contributed by atoms with E-state index in [9.17, 15) is 26.4 Å². The maximum atomic E-state index is 14.0. The minimum Gasteiger partial charge on any atom is -0.379 e. The summed E-state index contributed by atoms with van der Waals surface area (Å²) in [5.74, 6) is -0.439. The standard InChI is InChI=1S/C32H30F3NO4S/c1-23(2)21-36(31(37)30(25-10-5-3-6-11-25)26-12-7-4-8-13-26)22-24-16-18-28(19-17-24)40-41(38,39)29-15-9-14-27(20-29)32(33,34)35/h3-20,23,30H,21-22H2,1-2H3. The highest BCUT2D eigenvalue weighted by atomic mass is 32.2. The van der Waals surface area contributed by atoms with Gasteiger partial charge in [-0.25, -0.2) is 0 Å².